The van der Waals surface area contributed by atoms with Crippen LogP contribution in [0.15, 0.2) is 24.3 Å². The molecule has 2 aromatic rings. The highest BCUT2D eigenvalue weighted by Gasteiger charge is 2.25. The fourth-order valence-corrected chi connectivity index (χ4v) is 4.40. The molecular weight excluding hydrogens is 386 g/mol. The van der Waals surface area contributed by atoms with Gasteiger partial charge in [0.05, 0.1) is 12.8 Å². The Morgan fingerprint density at radius 2 is 2.04 bits per heavy atom. The molecule has 5 nitrogen and oxygen atoms in total. The molecule has 3 rings (SSSR count). The van der Waals surface area contributed by atoms with Gasteiger partial charge in [0.2, 0.25) is 0 Å². The summed E-state index contributed by atoms with van der Waals surface area (Å²) in [6.07, 6.45) is 3.81. The summed E-state index contributed by atoms with van der Waals surface area (Å²) < 4.78 is 10.7. The molecule has 7 heteroatoms. The Labute approximate surface area is 167 Å². The standard InChI is InChI=1S/C20H22ClNO4S/c1-3-15(19(23)22-14-11-13(21)8-9-16(14)25-2)26-20(24)18-10-12-6-4-5-7-17(12)27-18/h8-11,15H,3-7H2,1-2H3,(H,22,23). The maximum atomic E-state index is 12.6. The van der Waals surface area contributed by atoms with Crippen LogP contribution in [-0.2, 0) is 22.4 Å². The van der Waals surface area contributed by atoms with Gasteiger partial charge in [0.1, 0.15) is 10.6 Å². The maximum Gasteiger partial charge on any atom is 0.349 e. The van der Waals surface area contributed by atoms with Crippen molar-refractivity contribution in [3.63, 3.8) is 0 Å². The third kappa shape index (κ3) is 4.62. The van der Waals surface area contributed by atoms with Crippen molar-refractivity contribution in [3.05, 3.63) is 44.6 Å². The van der Waals surface area contributed by atoms with Crippen LogP contribution >= 0.6 is 22.9 Å². The number of rotatable bonds is 6. The Hall–Kier alpha value is -2.05. The van der Waals surface area contributed by atoms with Gasteiger partial charge in [-0.15, -0.1) is 11.3 Å². The zero-order chi connectivity index (χ0) is 19.4. The number of esters is 1. The smallest absolute Gasteiger partial charge is 0.349 e. The Bertz CT molecular complexity index is 825. The number of carbonyl (C=O) groups excluding carboxylic acids is 2. The number of anilines is 1. The summed E-state index contributed by atoms with van der Waals surface area (Å²) in [5.74, 6) is -0.373. The van der Waals surface area contributed by atoms with E-state index in [1.807, 2.05) is 6.07 Å². The largest absolute Gasteiger partial charge is 0.495 e. The number of aryl methyl sites for hydroxylation is 2. The molecule has 0 aliphatic heterocycles. The minimum absolute atomic E-state index is 0.367. The minimum Gasteiger partial charge on any atom is -0.495 e. The number of carbonyl (C=O) groups is 2. The van der Waals surface area contributed by atoms with E-state index in [0.717, 1.165) is 25.7 Å². The first-order valence-corrected chi connectivity index (χ1v) is 10.2. The lowest BCUT2D eigenvalue weighted by Gasteiger charge is -2.17. The van der Waals surface area contributed by atoms with Crippen molar-refractivity contribution in [3.8, 4) is 5.75 Å². The van der Waals surface area contributed by atoms with E-state index in [2.05, 4.69) is 5.32 Å². The van der Waals surface area contributed by atoms with Gasteiger partial charge in [-0.05, 0) is 61.9 Å². The van der Waals surface area contributed by atoms with Crippen LogP contribution in [0.4, 0.5) is 5.69 Å². The summed E-state index contributed by atoms with van der Waals surface area (Å²) in [5, 5.41) is 3.21. The average Bonchev–Trinajstić information content (AvgIpc) is 3.10. The van der Waals surface area contributed by atoms with Crippen LogP contribution in [0.3, 0.4) is 0 Å². The monoisotopic (exact) mass is 407 g/mol. The molecule has 144 valence electrons. The summed E-state index contributed by atoms with van der Waals surface area (Å²) in [6, 6.07) is 6.85. The van der Waals surface area contributed by atoms with E-state index in [-0.39, 0.29) is 0 Å². The number of methoxy groups -OCH3 is 1. The molecular formula is C20H22ClNO4S. The number of halogens is 1. The average molecular weight is 408 g/mol. The molecule has 1 N–H and O–H groups in total. The van der Waals surface area contributed by atoms with Crippen molar-refractivity contribution in [1.29, 1.82) is 0 Å². The number of nitrogens with one attached hydrogen (secondary N) is 1. The third-order valence-corrected chi connectivity index (χ3v) is 5.98. The minimum atomic E-state index is -0.889. The molecule has 0 fully saturated rings. The highest BCUT2D eigenvalue weighted by atomic mass is 35.5. The van der Waals surface area contributed by atoms with E-state index in [4.69, 9.17) is 21.1 Å². The van der Waals surface area contributed by atoms with Gasteiger partial charge in [-0.25, -0.2) is 4.79 Å². The summed E-state index contributed by atoms with van der Waals surface area (Å²) in [4.78, 5) is 27.0. The van der Waals surface area contributed by atoms with Gasteiger partial charge in [-0.2, -0.15) is 0 Å². The second-order valence-corrected chi connectivity index (χ2v) is 7.98. The molecule has 1 aliphatic rings. The molecule has 1 aromatic carbocycles. The molecule has 1 heterocycles. The van der Waals surface area contributed by atoms with E-state index >= 15 is 0 Å². The molecule has 0 bridgehead atoms. The van der Waals surface area contributed by atoms with Crippen LogP contribution in [0.2, 0.25) is 5.02 Å². The lowest BCUT2D eigenvalue weighted by atomic mass is 9.99. The van der Waals surface area contributed by atoms with Crippen LogP contribution in [0.5, 0.6) is 5.75 Å². The Morgan fingerprint density at radius 1 is 1.26 bits per heavy atom. The predicted octanol–water partition coefficient (Wildman–Crippen LogP) is 4.86. The van der Waals surface area contributed by atoms with E-state index in [1.54, 1.807) is 25.1 Å². The van der Waals surface area contributed by atoms with E-state index in [1.165, 1.54) is 28.9 Å². The quantitative estimate of drug-likeness (QED) is 0.694. The van der Waals surface area contributed by atoms with Gasteiger partial charge in [-0.3, -0.25) is 4.79 Å². The first kappa shape index (κ1) is 19.7. The van der Waals surface area contributed by atoms with Gasteiger partial charge < -0.3 is 14.8 Å². The number of benzene rings is 1. The normalized spacial score (nSPS) is 14.2. The number of hydrogen-bond donors (Lipinski definition) is 1. The lowest BCUT2D eigenvalue weighted by molar-refractivity contribution is -0.124. The Balaban J connectivity index is 1.69. The van der Waals surface area contributed by atoms with Gasteiger partial charge in [0, 0.05) is 9.90 Å². The molecule has 1 atom stereocenters. The fourth-order valence-electron chi connectivity index (χ4n) is 3.09. The van der Waals surface area contributed by atoms with Crippen LogP contribution in [0.25, 0.3) is 0 Å². The van der Waals surface area contributed by atoms with Crippen molar-refractivity contribution in [2.24, 2.45) is 0 Å². The molecule has 1 aliphatic carbocycles. The third-order valence-electron chi connectivity index (χ3n) is 4.53. The van der Waals surface area contributed by atoms with Gasteiger partial charge in [0.25, 0.3) is 5.91 Å². The second-order valence-electron chi connectivity index (χ2n) is 6.40. The molecule has 0 saturated carbocycles. The molecule has 1 amide bonds. The molecule has 0 spiro atoms. The topological polar surface area (TPSA) is 64.6 Å². The van der Waals surface area contributed by atoms with Crippen molar-refractivity contribution in [1.82, 2.24) is 0 Å². The highest BCUT2D eigenvalue weighted by Crippen LogP contribution is 2.31. The zero-order valence-corrected chi connectivity index (χ0v) is 16.9. The van der Waals surface area contributed by atoms with Crippen LogP contribution in [0.1, 0.15) is 46.3 Å². The molecule has 1 unspecified atom stereocenters. The van der Waals surface area contributed by atoms with E-state index in [9.17, 15) is 9.59 Å². The van der Waals surface area contributed by atoms with Crippen LogP contribution in [0, 0.1) is 0 Å². The van der Waals surface area contributed by atoms with Crippen molar-refractivity contribution < 1.29 is 19.1 Å². The molecule has 1 aromatic heterocycles. The van der Waals surface area contributed by atoms with Gasteiger partial charge in [-0.1, -0.05) is 18.5 Å². The second kappa shape index (κ2) is 8.76. The number of ether oxygens (including phenoxy) is 2. The summed E-state index contributed by atoms with van der Waals surface area (Å²) >= 11 is 7.47. The predicted molar refractivity (Wildman–Crippen MR) is 107 cm³/mol. The molecule has 27 heavy (non-hydrogen) atoms. The van der Waals surface area contributed by atoms with Gasteiger partial charge >= 0.3 is 5.97 Å². The molecule has 0 radical (unpaired) electrons. The van der Waals surface area contributed by atoms with Crippen LogP contribution in [-0.4, -0.2) is 25.1 Å². The lowest BCUT2D eigenvalue weighted by Crippen LogP contribution is -2.32. The Morgan fingerprint density at radius 3 is 2.74 bits per heavy atom. The summed E-state index contributed by atoms with van der Waals surface area (Å²) in [5.41, 5.74) is 1.68. The number of thiophene rings is 1. The zero-order valence-electron chi connectivity index (χ0n) is 15.3. The summed E-state index contributed by atoms with van der Waals surface area (Å²) in [6.45, 7) is 1.80. The SMILES string of the molecule is CCC(OC(=O)c1cc2c(s1)CCCC2)C(=O)Nc1cc(Cl)ccc1OC. The Kier molecular flexibility index (Phi) is 6.39. The van der Waals surface area contributed by atoms with Crippen molar-refractivity contribution in [2.75, 3.05) is 12.4 Å². The number of amides is 1. The van der Waals surface area contributed by atoms with Crippen LogP contribution < -0.4 is 10.1 Å². The van der Waals surface area contributed by atoms with Crippen molar-refractivity contribution >= 4 is 40.5 Å². The fraction of sp³-hybridized carbons (Fsp3) is 0.400. The number of fused-ring (bicyclic) bond motifs is 1. The summed E-state index contributed by atoms with van der Waals surface area (Å²) in [7, 11) is 1.51. The van der Waals surface area contributed by atoms with Crippen molar-refractivity contribution in [2.45, 2.75) is 45.1 Å². The molecule has 0 saturated heterocycles. The van der Waals surface area contributed by atoms with E-state index in [0.29, 0.717) is 27.8 Å². The maximum absolute atomic E-state index is 12.6. The highest BCUT2D eigenvalue weighted by molar-refractivity contribution is 7.14. The van der Waals surface area contributed by atoms with Gasteiger partial charge in [0.15, 0.2) is 6.10 Å². The first-order chi connectivity index (χ1) is 13.0. The number of hydrogen-bond acceptors (Lipinski definition) is 5. The van der Waals surface area contributed by atoms with E-state index < -0.39 is 18.0 Å². The first-order valence-electron chi connectivity index (χ1n) is 8.98.